The van der Waals surface area contributed by atoms with Crippen LogP contribution in [-0.2, 0) is 18.9 Å². The summed E-state index contributed by atoms with van der Waals surface area (Å²) in [5.74, 6) is -0.228. The molecular formula is C22H18F6N4O. The summed E-state index contributed by atoms with van der Waals surface area (Å²) in [6.45, 7) is 1.73. The molecule has 174 valence electrons. The summed E-state index contributed by atoms with van der Waals surface area (Å²) < 4.78 is 78.0. The van der Waals surface area contributed by atoms with Crippen LogP contribution in [0, 0.1) is 6.92 Å². The normalized spacial score (nSPS) is 14.4. The van der Waals surface area contributed by atoms with Gasteiger partial charge < -0.3 is 4.90 Å². The average molecular weight is 468 g/mol. The van der Waals surface area contributed by atoms with Crippen LogP contribution in [0.3, 0.4) is 0 Å². The maximum absolute atomic E-state index is 13.2. The van der Waals surface area contributed by atoms with Crippen LogP contribution in [0.5, 0.6) is 0 Å². The summed E-state index contributed by atoms with van der Waals surface area (Å²) in [7, 11) is 0. The van der Waals surface area contributed by atoms with Gasteiger partial charge in [0.15, 0.2) is 5.82 Å². The lowest BCUT2D eigenvalue weighted by molar-refractivity contribution is -0.138. The molecule has 2 heterocycles. The van der Waals surface area contributed by atoms with Gasteiger partial charge in [0, 0.05) is 18.8 Å². The van der Waals surface area contributed by atoms with Crippen LogP contribution in [-0.4, -0.2) is 31.6 Å². The molecule has 0 spiro atoms. The third-order valence-corrected chi connectivity index (χ3v) is 5.42. The Morgan fingerprint density at radius 3 is 2.09 bits per heavy atom. The number of benzene rings is 1. The van der Waals surface area contributed by atoms with Crippen molar-refractivity contribution in [1.82, 2.24) is 19.7 Å². The van der Waals surface area contributed by atoms with E-state index >= 15 is 0 Å². The second-order valence-corrected chi connectivity index (χ2v) is 7.82. The van der Waals surface area contributed by atoms with Crippen LogP contribution in [0.4, 0.5) is 26.3 Å². The molecule has 1 aliphatic carbocycles. The molecule has 2 aromatic heterocycles. The van der Waals surface area contributed by atoms with Crippen LogP contribution in [0.25, 0.3) is 5.82 Å². The number of carbonyl (C=O) groups is 1. The zero-order valence-corrected chi connectivity index (χ0v) is 17.3. The first-order valence-corrected chi connectivity index (χ1v) is 10.0. The fourth-order valence-corrected chi connectivity index (χ4v) is 3.43. The maximum Gasteiger partial charge on any atom is 0.417 e. The molecule has 3 aromatic rings. The Balaban J connectivity index is 1.56. The highest BCUT2D eigenvalue weighted by Gasteiger charge is 2.35. The number of aromatic nitrogens is 3. The van der Waals surface area contributed by atoms with E-state index in [4.69, 9.17) is 0 Å². The van der Waals surface area contributed by atoms with Gasteiger partial charge in [0.25, 0.3) is 5.91 Å². The van der Waals surface area contributed by atoms with Gasteiger partial charge in [-0.2, -0.15) is 31.4 Å². The molecule has 0 bridgehead atoms. The lowest BCUT2D eigenvalue weighted by atomic mass is 10.1. The number of carbonyl (C=O) groups excluding carboxylic acids is 1. The molecule has 33 heavy (non-hydrogen) atoms. The van der Waals surface area contributed by atoms with Crippen molar-refractivity contribution < 1.29 is 31.1 Å². The summed E-state index contributed by atoms with van der Waals surface area (Å²) in [5, 5.41) is 4.11. The van der Waals surface area contributed by atoms with Crippen molar-refractivity contribution in [2.45, 2.75) is 44.7 Å². The number of hydrogen-bond donors (Lipinski definition) is 0. The van der Waals surface area contributed by atoms with E-state index in [1.807, 2.05) is 0 Å². The predicted octanol–water partition coefficient (Wildman–Crippen LogP) is 5.42. The van der Waals surface area contributed by atoms with Crippen LogP contribution in [0.2, 0.25) is 0 Å². The molecular weight excluding hydrogens is 450 g/mol. The van der Waals surface area contributed by atoms with E-state index in [0.717, 1.165) is 37.1 Å². The van der Waals surface area contributed by atoms with Crippen molar-refractivity contribution >= 4 is 5.91 Å². The number of rotatable bonds is 5. The summed E-state index contributed by atoms with van der Waals surface area (Å²) in [6, 6.07) is 6.65. The van der Waals surface area contributed by atoms with E-state index in [1.165, 1.54) is 23.0 Å². The molecule has 0 atom stereocenters. The van der Waals surface area contributed by atoms with Gasteiger partial charge in [0.1, 0.15) is 0 Å². The molecule has 0 radical (unpaired) electrons. The molecule has 1 amide bonds. The topological polar surface area (TPSA) is 51.0 Å². The molecule has 0 unspecified atom stereocenters. The number of halogens is 6. The zero-order valence-electron chi connectivity index (χ0n) is 17.3. The minimum atomic E-state index is -4.52. The highest BCUT2D eigenvalue weighted by molar-refractivity contribution is 5.95. The molecule has 1 fully saturated rings. The molecule has 1 aromatic carbocycles. The highest BCUT2D eigenvalue weighted by atomic mass is 19.4. The average Bonchev–Trinajstić information content (AvgIpc) is 3.52. The van der Waals surface area contributed by atoms with E-state index in [2.05, 4.69) is 10.1 Å². The first-order chi connectivity index (χ1) is 15.4. The fourth-order valence-electron chi connectivity index (χ4n) is 3.43. The molecule has 5 nitrogen and oxygen atoms in total. The van der Waals surface area contributed by atoms with E-state index in [0.29, 0.717) is 17.5 Å². The molecule has 0 aliphatic heterocycles. The summed E-state index contributed by atoms with van der Waals surface area (Å²) in [5.41, 5.74) is -0.473. The number of pyridine rings is 1. The van der Waals surface area contributed by atoms with Crippen molar-refractivity contribution in [3.05, 3.63) is 76.7 Å². The third kappa shape index (κ3) is 4.86. The number of alkyl halides is 6. The molecule has 1 aliphatic rings. The Kier molecular flexibility index (Phi) is 5.67. The minimum Gasteiger partial charge on any atom is -0.331 e. The van der Waals surface area contributed by atoms with E-state index in [9.17, 15) is 31.1 Å². The number of amides is 1. The Hall–Kier alpha value is -3.37. The zero-order chi connectivity index (χ0) is 24.0. The van der Waals surface area contributed by atoms with Gasteiger partial charge in [-0.25, -0.2) is 9.67 Å². The van der Waals surface area contributed by atoms with Crippen molar-refractivity contribution in [2.75, 3.05) is 0 Å². The first-order valence-electron chi connectivity index (χ1n) is 10.0. The predicted molar refractivity (Wildman–Crippen MR) is 105 cm³/mol. The van der Waals surface area contributed by atoms with Gasteiger partial charge in [0.05, 0.1) is 28.6 Å². The second-order valence-electron chi connectivity index (χ2n) is 7.82. The molecule has 0 saturated heterocycles. The molecule has 4 rings (SSSR count). The SMILES string of the molecule is Cc1c(C(=O)N(Cc2ccc(C(F)(F)F)cc2)C2CC2)cnn1-c1ccc(C(F)(F)F)cn1. The van der Waals surface area contributed by atoms with Gasteiger partial charge in [0.2, 0.25) is 0 Å². The smallest absolute Gasteiger partial charge is 0.331 e. The Bertz CT molecular complexity index is 1150. The van der Waals surface area contributed by atoms with Crippen molar-refractivity contribution in [3.8, 4) is 5.82 Å². The number of hydrogen-bond acceptors (Lipinski definition) is 3. The fraction of sp³-hybridized carbons (Fsp3) is 0.318. The summed E-state index contributed by atoms with van der Waals surface area (Å²) in [6.07, 6.45) is -5.39. The Morgan fingerprint density at radius 1 is 0.970 bits per heavy atom. The first kappa shape index (κ1) is 22.8. The molecule has 11 heteroatoms. The third-order valence-electron chi connectivity index (χ3n) is 5.42. The van der Waals surface area contributed by atoms with Crippen LogP contribution in [0.1, 0.15) is 45.6 Å². The molecule has 1 saturated carbocycles. The van der Waals surface area contributed by atoms with Gasteiger partial charge in [-0.3, -0.25) is 4.79 Å². The Morgan fingerprint density at radius 2 is 1.58 bits per heavy atom. The van der Waals surface area contributed by atoms with Crippen molar-refractivity contribution in [1.29, 1.82) is 0 Å². The van der Waals surface area contributed by atoms with E-state index < -0.39 is 23.5 Å². The van der Waals surface area contributed by atoms with Gasteiger partial charge in [-0.15, -0.1) is 0 Å². The van der Waals surface area contributed by atoms with E-state index in [-0.39, 0.29) is 29.9 Å². The van der Waals surface area contributed by atoms with Crippen molar-refractivity contribution in [3.63, 3.8) is 0 Å². The van der Waals surface area contributed by atoms with Crippen LogP contribution in [0.15, 0.2) is 48.8 Å². The quantitative estimate of drug-likeness (QED) is 0.470. The summed E-state index contributed by atoms with van der Waals surface area (Å²) >= 11 is 0. The van der Waals surface area contributed by atoms with Crippen LogP contribution >= 0.6 is 0 Å². The van der Waals surface area contributed by atoms with Gasteiger partial charge in [-0.05, 0) is 49.6 Å². The second kappa shape index (κ2) is 8.20. The van der Waals surface area contributed by atoms with E-state index in [1.54, 1.807) is 11.8 Å². The van der Waals surface area contributed by atoms with Crippen molar-refractivity contribution in [2.24, 2.45) is 0 Å². The van der Waals surface area contributed by atoms with Crippen LogP contribution < -0.4 is 0 Å². The number of nitrogens with zero attached hydrogens (tertiary/aromatic N) is 4. The highest BCUT2D eigenvalue weighted by Crippen LogP contribution is 2.33. The molecule has 0 N–H and O–H groups in total. The van der Waals surface area contributed by atoms with Gasteiger partial charge in [-0.1, -0.05) is 12.1 Å². The largest absolute Gasteiger partial charge is 0.417 e. The standard InChI is InChI=1S/C22H18F6N4O/c1-13-18(11-30-32(13)19-9-6-16(10-29-19)22(26,27)28)20(33)31(17-7-8-17)12-14-2-4-15(5-3-14)21(23,24)25/h2-6,9-11,17H,7-8,12H2,1H3. The lowest BCUT2D eigenvalue weighted by Gasteiger charge is -2.23. The Labute approximate surface area is 184 Å². The minimum absolute atomic E-state index is 0.0354. The van der Waals surface area contributed by atoms with Gasteiger partial charge >= 0.3 is 12.4 Å². The monoisotopic (exact) mass is 468 g/mol. The maximum atomic E-state index is 13.2. The lowest BCUT2D eigenvalue weighted by Crippen LogP contribution is -2.33. The summed E-state index contributed by atoms with van der Waals surface area (Å²) in [4.78, 5) is 18.6.